The van der Waals surface area contributed by atoms with Gasteiger partial charge in [0.15, 0.2) is 0 Å². The highest BCUT2D eigenvalue weighted by atomic mass is 16.5. The number of amides is 1. The van der Waals surface area contributed by atoms with Crippen LogP contribution < -0.4 is 15.4 Å². The Bertz CT molecular complexity index is 1180. The first-order valence-electron chi connectivity index (χ1n) is 9.29. The van der Waals surface area contributed by atoms with Gasteiger partial charge in [-0.2, -0.15) is 5.10 Å². The zero-order chi connectivity index (χ0) is 20.4. The van der Waals surface area contributed by atoms with E-state index >= 15 is 0 Å². The number of para-hydroxylation sites is 1. The van der Waals surface area contributed by atoms with Gasteiger partial charge in [-0.05, 0) is 36.2 Å². The van der Waals surface area contributed by atoms with Crippen LogP contribution in [0.3, 0.4) is 0 Å². The fourth-order valence-electron chi connectivity index (χ4n) is 3.20. The number of rotatable bonds is 4. The van der Waals surface area contributed by atoms with E-state index in [0.29, 0.717) is 17.7 Å². The largest absolute Gasteiger partial charge is 0.423 e. The summed E-state index contributed by atoms with van der Waals surface area (Å²) >= 11 is 0. The molecule has 1 aromatic heterocycles. The van der Waals surface area contributed by atoms with Crippen molar-refractivity contribution in [3.05, 3.63) is 70.6 Å². The van der Waals surface area contributed by atoms with Crippen molar-refractivity contribution >= 4 is 34.2 Å². The van der Waals surface area contributed by atoms with Gasteiger partial charge in [0.25, 0.3) is 0 Å². The summed E-state index contributed by atoms with van der Waals surface area (Å²) in [6, 6.07) is 15.3. The molecule has 0 bridgehead atoms. The third-order valence-corrected chi connectivity index (χ3v) is 4.66. The molecule has 0 radical (unpaired) electrons. The number of anilines is 1. The van der Waals surface area contributed by atoms with Gasteiger partial charge in [-0.15, -0.1) is 0 Å². The molecule has 0 fully saturated rings. The number of hydrogen-bond acceptors (Lipinski definition) is 6. The van der Waals surface area contributed by atoms with Crippen LogP contribution in [-0.4, -0.2) is 17.6 Å². The Morgan fingerprint density at radius 3 is 2.66 bits per heavy atom. The third kappa shape index (κ3) is 3.80. The fourth-order valence-corrected chi connectivity index (χ4v) is 3.20. The van der Waals surface area contributed by atoms with Gasteiger partial charge in [-0.1, -0.05) is 25.1 Å². The number of fused-ring (bicyclic) bond motifs is 1. The zero-order valence-electron chi connectivity index (χ0n) is 15.8. The van der Waals surface area contributed by atoms with Crippen LogP contribution in [0.4, 0.5) is 5.69 Å². The first kappa shape index (κ1) is 18.6. The minimum atomic E-state index is -0.647. The lowest BCUT2D eigenvalue weighted by Crippen LogP contribution is -2.35. The van der Waals surface area contributed by atoms with E-state index < -0.39 is 11.6 Å². The summed E-state index contributed by atoms with van der Waals surface area (Å²) in [5.41, 5.74) is 1.50. The maximum Gasteiger partial charge on any atom is 0.359 e. The van der Waals surface area contributed by atoms with Gasteiger partial charge < -0.3 is 9.15 Å². The second kappa shape index (κ2) is 7.71. The Balaban J connectivity index is 1.60. The van der Waals surface area contributed by atoms with Crippen LogP contribution in [0.15, 0.2) is 68.9 Å². The van der Waals surface area contributed by atoms with Crippen molar-refractivity contribution in [1.29, 1.82) is 0 Å². The first-order chi connectivity index (χ1) is 14.0. The third-order valence-electron chi connectivity index (χ3n) is 4.66. The van der Waals surface area contributed by atoms with Crippen LogP contribution in [0, 0.1) is 0 Å². The van der Waals surface area contributed by atoms with Gasteiger partial charge in [0.05, 0.1) is 5.69 Å². The quantitative estimate of drug-likeness (QED) is 0.387. The average molecular weight is 390 g/mol. The molecule has 4 rings (SSSR count). The molecule has 0 saturated carbocycles. The van der Waals surface area contributed by atoms with Crippen molar-refractivity contribution in [1.82, 2.24) is 0 Å². The highest BCUT2D eigenvalue weighted by Gasteiger charge is 2.26. The SMILES string of the molecule is CCc1cc(=O)oc2cc(OC(=O)C3=NN(c4ccccc4)C(=O)CC3)ccc12. The molecule has 2 heterocycles. The van der Waals surface area contributed by atoms with E-state index in [1.807, 2.05) is 13.0 Å². The second-order valence-electron chi connectivity index (χ2n) is 6.58. The molecule has 7 nitrogen and oxygen atoms in total. The maximum atomic E-state index is 12.6. The molecule has 0 aliphatic carbocycles. The molecule has 7 heteroatoms. The predicted octanol–water partition coefficient (Wildman–Crippen LogP) is 3.44. The Kier molecular flexibility index (Phi) is 4.95. The number of hydrogen-bond donors (Lipinski definition) is 0. The van der Waals surface area contributed by atoms with Gasteiger partial charge in [0, 0.05) is 30.4 Å². The molecule has 2 aromatic carbocycles. The van der Waals surface area contributed by atoms with Gasteiger partial charge in [-0.3, -0.25) is 4.79 Å². The molecule has 0 atom stereocenters. The summed E-state index contributed by atoms with van der Waals surface area (Å²) in [5, 5.41) is 6.19. The molecule has 0 spiro atoms. The van der Waals surface area contributed by atoms with Gasteiger partial charge in [0.1, 0.15) is 17.0 Å². The van der Waals surface area contributed by atoms with E-state index in [0.717, 1.165) is 10.9 Å². The van der Waals surface area contributed by atoms with Gasteiger partial charge >= 0.3 is 11.6 Å². The average Bonchev–Trinajstić information content (AvgIpc) is 2.73. The summed E-state index contributed by atoms with van der Waals surface area (Å²) < 4.78 is 10.7. The van der Waals surface area contributed by atoms with E-state index in [1.165, 1.54) is 17.1 Å². The molecule has 0 saturated heterocycles. The summed E-state index contributed by atoms with van der Waals surface area (Å²) in [4.78, 5) is 36.5. The number of hydrazone groups is 1. The molecule has 29 heavy (non-hydrogen) atoms. The smallest absolute Gasteiger partial charge is 0.359 e. The molecule has 1 aliphatic heterocycles. The Morgan fingerprint density at radius 2 is 1.90 bits per heavy atom. The minimum Gasteiger partial charge on any atom is -0.423 e. The van der Waals surface area contributed by atoms with E-state index in [1.54, 1.807) is 36.4 Å². The number of carbonyl (C=O) groups excluding carboxylic acids is 2. The van der Waals surface area contributed by atoms with Crippen molar-refractivity contribution < 1.29 is 18.7 Å². The predicted molar refractivity (Wildman–Crippen MR) is 108 cm³/mol. The molecule has 1 amide bonds. The van der Waals surface area contributed by atoms with E-state index in [9.17, 15) is 14.4 Å². The molecule has 0 unspecified atom stereocenters. The lowest BCUT2D eigenvalue weighted by atomic mass is 10.1. The van der Waals surface area contributed by atoms with Gasteiger partial charge in [0.2, 0.25) is 5.91 Å². The van der Waals surface area contributed by atoms with Crippen molar-refractivity contribution in [3.8, 4) is 5.75 Å². The molecular formula is C22H18N2O5. The summed E-state index contributed by atoms with van der Waals surface area (Å²) in [6.07, 6.45) is 1.04. The lowest BCUT2D eigenvalue weighted by molar-refractivity contribution is -0.127. The van der Waals surface area contributed by atoms with Gasteiger partial charge in [-0.25, -0.2) is 14.6 Å². The maximum absolute atomic E-state index is 12.6. The molecule has 146 valence electrons. The fraction of sp³-hybridized carbons (Fsp3) is 0.182. The van der Waals surface area contributed by atoms with Crippen molar-refractivity contribution in [2.24, 2.45) is 5.10 Å². The minimum absolute atomic E-state index is 0.150. The van der Waals surface area contributed by atoms with E-state index in [4.69, 9.17) is 9.15 Å². The van der Waals surface area contributed by atoms with E-state index in [2.05, 4.69) is 5.10 Å². The number of aryl methyl sites for hydroxylation is 1. The van der Waals surface area contributed by atoms with Crippen molar-refractivity contribution in [2.75, 3.05) is 5.01 Å². The lowest BCUT2D eigenvalue weighted by Gasteiger charge is -2.22. The number of ether oxygens (including phenoxy) is 1. The number of nitrogens with zero attached hydrogens (tertiary/aromatic N) is 2. The standard InChI is InChI=1S/C22H18N2O5/c1-2-14-12-21(26)29-19-13-16(8-9-17(14)19)28-22(27)18-10-11-20(25)24(23-18)15-6-4-3-5-7-15/h3-9,12-13H,2,10-11H2,1H3. The van der Waals surface area contributed by atoms with Crippen molar-refractivity contribution in [3.63, 3.8) is 0 Å². The van der Waals surface area contributed by atoms with Crippen LogP contribution in [0.5, 0.6) is 5.75 Å². The van der Waals surface area contributed by atoms with Crippen molar-refractivity contribution in [2.45, 2.75) is 26.2 Å². The first-order valence-corrected chi connectivity index (χ1v) is 9.29. The normalized spacial score (nSPS) is 14.0. The van der Waals surface area contributed by atoms with Crippen LogP contribution >= 0.6 is 0 Å². The zero-order valence-corrected chi connectivity index (χ0v) is 15.8. The van der Waals surface area contributed by atoms with Crippen LogP contribution in [0.2, 0.25) is 0 Å². The summed E-state index contributed by atoms with van der Waals surface area (Å²) in [5.74, 6) is -0.594. The number of carbonyl (C=O) groups is 2. The highest BCUT2D eigenvalue weighted by Crippen LogP contribution is 2.24. The molecule has 1 aliphatic rings. The highest BCUT2D eigenvalue weighted by molar-refractivity contribution is 6.38. The summed E-state index contributed by atoms with van der Waals surface area (Å²) in [7, 11) is 0. The Labute approximate surface area is 166 Å². The Morgan fingerprint density at radius 1 is 1.10 bits per heavy atom. The topological polar surface area (TPSA) is 89.2 Å². The summed E-state index contributed by atoms with van der Waals surface area (Å²) in [6.45, 7) is 1.95. The van der Waals surface area contributed by atoms with Crippen LogP contribution in [0.25, 0.3) is 11.0 Å². The van der Waals surface area contributed by atoms with Crippen LogP contribution in [0.1, 0.15) is 25.3 Å². The second-order valence-corrected chi connectivity index (χ2v) is 6.58. The molecular weight excluding hydrogens is 372 g/mol. The molecule has 3 aromatic rings. The van der Waals surface area contributed by atoms with E-state index in [-0.39, 0.29) is 30.2 Å². The number of benzene rings is 2. The Hall–Kier alpha value is -3.74. The monoisotopic (exact) mass is 390 g/mol. The van der Waals surface area contributed by atoms with Crippen LogP contribution in [-0.2, 0) is 16.0 Å². The molecule has 0 N–H and O–H groups in total. The number of esters is 1.